The fourth-order valence-corrected chi connectivity index (χ4v) is 2.46. The van der Waals surface area contributed by atoms with E-state index in [1.165, 1.54) is 0 Å². The Hall–Kier alpha value is -1.62. The number of hydrogen-bond acceptors (Lipinski definition) is 4. The molecule has 0 spiro atoms. The number of aliphatic hydroxyl groups excluding tert-OH is 1. The molecule has 1 atom stereocenters. The van der Waals surface area contributed by atoms with Crippen molar-refractivity contribution in [1.82, 2.24) is 9.88 Å². The molecule has 1 aromatic heterocycles. The third-order valence-corrected chi connectivity index (χ3v) is 3.46. The van der Waals surface area contributed by atoms with E-state index >= 15 is 0 Å². The number of ether oxygens (including phenoxy) is 1. The number of amides is 1. The van der Waals surface area contributed by atoms with Crippen LogP contribution < -0.4 is 4.74 Å². The van der Waals surface area contributed by atoms with Crippen molar-refractivity contribution in [1.29, 1.82) is 0 Å². The number of carbonyl (C=O) groups excluding carboxylic acids is 1. The Morgan fingerprint density at radius 2 is 2.24 bits per heavy atom. The van der Waals surface area contributed by atoms with E-state index in [4.69, 9.17) is 4.74 Å². The van der Waals surface area contributed by atoms with Gasteiger partial charge in [0, 0.05) is 32.0 Å². The van der Waals surface area contributed by atoms with Crippen LogP contribution in [0.4, 0.5) is 0 Å². The summed E-state index contributed by atoms with van der Waals surface area (Å²) in [6, 6.07) is 3.48. The molecule has 1 N–H and O–H groups in total. The van der Waals surface area contributed by atoms with Gasteiger partial charge in [-0.25, -0.2) is 4.98 Å². The van der Waals surface area contributed by atoms with Gasteiger partial charge in [0.25, 0.3) is 5.91 Å². The molecule has 1 unspecified atom stereocenters. The predicted molar refractivity (Wildman–Crippen MR) is 80.3 cm³/mol. The van der Waals surface area contributed by atoms with E-state index in [1.807, 2.05) is 20.8 Å². The van der Waals surface area contributed by atoms with Gasteiger partial charge >= 0.3 is 0 Å². The fraction of sp³-hybridized carbons (Fsp3) is 0.625. The van der Waals surface area contributed by atoms with Gasteiger partial charge in [0.15, 0.2) is 0 Å². The number of piperidine rings is 1. The van der Waals surface area contributed by atoms with E-state index in [0.717, 1.165) is 19.4 Å². The lowest BCUT2D eigenvalue weighted by atomic mass is 9.98. The van der Waals surface area contributed by atoms with E-state index < -0.39 is 0 Å². The van der Waals surface area contributed by atoms with Gasteiger partial charge in [0.1, 0.15) is 5.60 Å². The van der Waals surface area contributed by atoms with Crippen LogP contribution in [0.25, 0.3) is 0 Å². The van der Waals surface area contributed by atoms with Crippen molar-refractivity contribution in [3.05, 3.63) is 23.9 Å². The molecule has 21 heavy (non-hydrogen) atoms. The second-order valence-electron chi connectivity index (χ2n) is 6.54. The number of rotatable bonds is 3. The first-order valence-electron chi connectivity index (χ1n) is 7.44. The number of pyridine rings is 1. The summed E-state index contributed by atoms with van der Waals surface area (Å²) in [6.45, 7) is 7.37. The molecule has 0 saturated carbocycles. The molecule has 1 aliphatic rings. The smallest absolute Gasteiger partial charge is 0.255 e. The number of aromatic nitrogens is 1. The first kappa shape index (κ1) is 15.8. The van der Waals surface area contributed by atoms with E-state index in [9.17, 15) is 9.90 Å². The first-order valence-corrected chi connectivity index (χ1v) is 7.44. The van der Waals surface area contributed by atoms with Gasteiger partial charge in [-0.05, 0) is 45.6 Å². The lowest BCUT2D eigenvalue weighted by Crippen LogP contribution is -2.41. The number of nitrogens with zero attached hydrogens (tertiary/aromatic N) is 2. The topological polar surface area (TPSA) is 62.7 Å². The maximum absolute atomic E-state index is 12.4. The van der Waals surface area contributed by atoms with Crippen molar-refractivity contribution in [2.24, 2.45) is 5.92 Å². The van der Waals surface area contributed by atoms with E-state index in [1.54, 1.807) is 23.2 Å². The van der Waals surface area contributed by atoms with E-state index in [2.05, 4.69) is 4.98 Å². The molecule has 1 aromatic rings. The Bertz CT molecular complexity index is 479. The van der Waals surface area contributed by atoms with E-state index in [0.29, 0.717) is 18.0 Å². The number of hydrogen-bond donors (Lipinski definition) is 1. The highest BCUT2D eigenvalue weighted by molar-refractivity contribution is 5.94. The zero-order valence-electron chi connectivity index (χ0n) is 13.0. The maximum atomic E-state index is 12.4. The molecule has 0 radical (unpaired) electrons. The monoisotopic (exact) mass is 292 g/mol. The van der Waals surface area contributed by atoms with Gasteiger partial charge in [0.05, 0.1) is 5.56 Å². The Labute approximate surface area is 125 Å². The summed E-state index contributed by atoms with van der Waals surface area (Å²) < 4.78 is 5.65. The van der Waals surface area contributed by atoms with Crippen LogP contribution >= 0.6 is 0 Å². The molecule has 2 heterocycles. The molecule has 5 nitrogen and oxygen atoms in total. The van der Waals surface area contributed by atoms with Crippen molar-refractivity contribution >= 4 is 5.91 Å². The summed E-state index contributed by atoms with van der Waals surface area (Å²) in [4.78, 5) is 18.4. The standard InChI is InChI=1S/C16H24N2O3/c1-16(2,3)21-14-7-6-13(9-17-14)15(20)18-8-4-5-12(10-18)11-19/h6-7,9,12,19H,4-5,8,10-11H2,1-3H3. The average Bonchev–Trinajstić information content (AvgIpc) is 2.46. The molecule has 1 aliphatic heterocycles. The zero-order chi connectivity index (χ0) is 15.5. The minimum Gasteiger partial charge on any atom is -0.472 e. The van der Waals surface area contributed by atoms with Crippen LogP contribution in [0.3, 0.4) is 0 Å². The number of likely N-dealkylation sites (tertiary alicyclic amines) is 1. The Balaban J connectivity index is 2.02. The molecule has 1 amide bonds. The van der Waals surface area contributed by atoms with Gasteiger partial charge in [-0.2, -0.15) is 0 Å². The fourth-order valence-electron chi connectivity index (χ4n) is 2.46. The normalized spacial score (nSPS) is 19.4. The summed E-state index contributed by atoms with van der Waals surface area (Å²) in [5.74, 6) is 0.688. The summed E-state index contributed by atoms with van der Waals surface area (Å²) in [7, 11) is 0. The van der Waals surface area contributed by atoms with Gasteiger partial charge < -0.3 is 14.7 Å². The Morgan fingerprint density at radius 1 is 1.48 bits per heavy atom. The molecule has 0 aromatic carbocycles. The van der Waals surface area contributed by atoms with Crippen LogP contribution in [0.5, 0.6) is 5.88 Å². The van der Waals surface area contributed by atoms with Crippen molar-refractivity contribution < 1.29 is 14.6 Å². The molecule has 2 rings (SSSR count). The van der Waals surface area contributed by atoms with Crippen LogP contribution in [-0.2, 0) is 0 Å². The second kappa shape index (κ2) is 6.43. The third-order valence-electron chi connectivity index (χ3n) is 3.46. The molecule has 5 heteroatoms. The molecule has 0 bridgehead atoms. The highest BCUT2D eigenvalue weighted by atomic mass is 16.5. The molecule has 1 saturated heterocycles. The molecule has 1 fully saturated rings. The number of carbonyl (C=O) groups is 1. The van der Waals surface area contributed by atoms with Crippen LogP contribution in [0.1, 0.15) is 44.0 Å². The van der Waals surface area contributed by atoms with Crippen molar-refractivity contribution in [2.75, 3.05) is 19.7 Å². The largest absolute Gasteiger partial charge is 0.472 e. The maximum Gasteiger partial charge on any atom is 0.255 e. The summed E-state index contributed by atoms with van der Waals surface area (Å²) in [6.07, 6.45) is 3.48. The van der Waals surface area contributed by atoms with Crippen molar-refractivity contribution in [3.63, 3.8) is 0 Å². The quantitative estimate of drug-likeness (QED) is 0.926. The van der Waals surface area contributed by atoms with Gasteiger partial charge in [-0.15, -0.1) is 0 Å². The second-order valence-corrected chi connectivity index (χ2v) is 6.54. The molecule has 0 aliphatic carbocycles. The van der Waals surface area contributed by atoms with E-state index in [-0.39, 0.29) is 24.0 Å². The molecule has 116 valence electrons. The highest BCUT2D eigenvalue weighted by Crippen LogP contribution is 2.19. The first-order chi connectivity index (χ1) is 9.89. The average molecular weight is 292 g/mol. The number of aliphatic hydroxyl groups is 1. The lowest BCUT2D eigenvalue weighted by Gasteiger charge is -2.31. The Morgan fingerprint density at radius 3 is 2.81 bits per heavy atom. The van der Waals surface area contributed by atoms with Gasteiger partial charge in [0.2, 0.25) is 5.88 Å². The van der Waals surface area contributed by atoms with Crippen LogP contribution in [0.15, 0.2) is 18.3 Å². The molecular formula is C16H24N2O3. The van der Waals surface area contributed by atoms with Crippen LogP contribution in [-0.4, -0.2) is 46.2 Å². The van der Waals surface area contributed by atoms with Crippen LogP contribution in [0, 0.1) is 5.92 Å². The van der Waals surface area contributed by atoms with Crippen LogP contribution in [0.2, 0.25) is 0 Å². The predicted octanol–water partition coefficient (Wildman–Crippen LogP) is 2.10. The summed E-state index contributed by atoms with van der Waals surface area (Å²) in [5, 5.41) is 9.24. The zero-order valence-corrected chi connectivity index (χ0v) is 13.0. The molecular weight excluding hydrogens is 268 g/mol. The minimum absolute atomic E-state index is 0.0250. The van der Waals surface area contributed by atoms with Gasteiger partial charge in [-0.1, -0.05) is 0 Å². The Kier molecular flexibility index (Phi) is 4.83. The summed E-state index contributed by atoms with van der Waals surface area (Å²) in [5.41, 5.74) is 0.259. The lowest BCUT2D eigenvalue weighted by molar-refractivity contribution is 0.0620. The SMILES string of the molecule is CC(C)(C)Oc1ccc(C(=O)N2CCCC(CO)C2)cn1. The summed E-state index contributed by atoms with van der Waals surface area (Å²) >= 11 is 0. The van der Waals surface area contributed by atoms with Crippen molar-refractivity contribution in [2.45, 2.75) is 39.2 Å². The highest BCUT2D eigenvalue weighted by Gasteiger charge is 2.24. The minimum atomic E-state index is -0.306. The van der Waals surface area contributed by atoms with Crippen molar-refractivity contribution in [3.8, 4) is 5.88 Å². The van der Waals surface area contributed by atoms with Gasteiger partial charge in [-0.3, -0.25) is 4.79 Å². The third kappa shape index (κ3) is 4.43.